The number of hydrogen-bond acceptors (Lipinski definition) is 3. The third kappa shape index (κ3) is 4.94. The van der Waals surface area contributed by atoms with Crippen LogP contribution in [0.2, 0.25) is 0 Å². The Labute approximate surface area is 127 Å². The van der Waals surface area contributed by atoms with Gasteiger partial charge in [0, 0.05) is 12.1 Å². The molecule has 0 aliphatic rings. The Morgan fingerprint density at radius 2 is 1.86 bits per heavy atom. The van der Waals surface area contributed by atoms with Gasteiger partial charge < -0.3 is 14.5 Å². The van der Waals surface area contributed by atoms with Gasteiger partial charge in [-0.15, -0.1) is 0 Å². The summed E-state index contributed by atoms with van der Waals surface area (Å²) in [7, 11) is 0. The molecule has 2 aromatic rings. The molecule has 0 aliphatic heterocycles. The van der Waals surface area contributed by atoms with Crippen LogP contribution in [0, 0.1) is 19.8 Å². The molecule has 0 amide bonds. The molecular formula is C18H25NO2. The maximum Gasteiger partial charge on any atom is 0.146 e. The van der Waals surface area contributed by atoms with Crippen molar-refractivity contribution in [2.75, 3.05) is 6.54 Å². The fourth-order valence-electron chi connectivity index (χ4n) is 2.31. The second-order valence-electron chi connectivity index (χ2n) is 6.01. The Hall–Kier alpha value is -1.74. The number of rotatable bonds is 7. The van der Waals surface area contributed by atoms with Gasteiger partial charge in [0.15, 0.2) is 0 Å². The summed E-state index contributed by atoms with van der Waals surface area (Å²) in [6, 6.07) is 8.24. The van der Waals surface area contributed by atoms with Crippen molar-refractivity contribution in [1.82, 2.24) is 5.32 Å². The standard InChI is InChI=1S/C18H25NO2/c1-13(2)10-19-11-16-5-6-20-18(16)12-21-17-8-14(3)7-15(4)9-17/h5-9,13,19H,10-12H2,1-4H3. The Bertz CT molecular complexity index is 552. The van der Waals surface area contributed by atoms with Gasteiger partial charge >= 0.3 is 0 Å². The van der Waals surface area contributed by atoms with Crippen molar-refractivity contribution >= 4 is 0 Å². The molecule has 1 heterocycles. The van der Waals surface area contributed by atoms with Gasteiger partial charge in [-0.25, -0.2) is 0 Å². The third-order valence-electron chi connectivity index (χ3n) is 3.27. The molecule has 0 saturated carbocycles. The highest BCUT2D eigenvalue weighted by Crippen LogP contribution is 2.19. The van der Waals surface area contributed by atoms with Crippen molar-refractivity contribution in [2.45, 2.75) is 40.8 Å². The molecule has 1 N–H and O–H groups in total. The van der Waals surface area contributed by atoms with Crippen LogP contribution in [0.1, 0.15) is 36.3 Å². The predicted molar refractivity (Wildman–Crippen MR) is 85.5 cm³/mol. The molecule has 0 aliphatic carbocycles. The summed E-state index contributed by atoms with van der Waals surface area (Å²) >= 11 is 0. The maximum absolute atomic E-state index is 5.86. The fourth-order valence-corrected chi connectivity index (χ4v) is 2.31. The topological polar surface area (TPSA) is 34.4 Å². The Kier molecular flexibility index (Phi) is 5.45. The molecule has 0 saturated heterocycles. The lowest BCUT2D eigenvalue weighted by Crippen LogP contribution is -2.19. The number of ether oxygens (including phenoxy) is 1. The summed E-state index contributed by atoms with van der Waals surface area (Å²) in [5.41, 5.74) is 3.59. The van der Waals surface area contributed by atoms with Crippen LogP contribution in [-0.2, 0) is 13.2 Å². The number of nitrogens with one attached hydrogen (secondary N) is 1. The van der Waals surface area contributed by atoms with E-state index < -0.39 is 0 Å². The summed E-state index contributed by atoms with van der Waals surface area (Å²) in [4.78, 5) is 0. The van der Waals surface area contributed by atoms with Gasteiger partial charge in [-0.2, -0.15) is 0 Å². The normalized spacial score (nSPS) is 11.1. The fraction of sp³-hybridized carbons (Fsp3) is 0.444. The van der Waals surface area contributed by atoms with Crippen LogP contribution in [0.15, 0.2) is 34.9 Å². The minimum absolute atomic E-state index is 0.467. The van der Waals surface area contributed by atoms with Crippen LogP contribution in [0.3, 0.4) is 0 Å². The van der Waals surface area contributed by atoms with E-state index in [2.05, 4.69) is 39.1 Å². The molecule has 0 bridgehead atoms. The van der Waals surface area contributed by atoms with Gasteiger partial charge in [0.2, 0.25) is 0 Å². The number of furan rings is 1. The first-order chi connectivity index (χ1) is 10.0. The summed E-state index contributed by atoms with van der Waals surface area (Å²) in [6.45, 7) is 10.8. The molecule has 3 heteroatoms. The van der Waals surface area contributed by atoms with Gasteiger partial charge in [-0.05, 0) is 55.6 Å². The van der Waals surface area contributed by atoms with Crippen molar-refractivity contribution in [3.8, 4) is 5.75 Å². The maximum atomic E-state index is 5.86. The smallest absolute Gasteiger partial charge is 0.146 e. The van der Waals surface area contributed by atoms with Crippen molar-refractivity contribution in [3.63, 3.8) is 0 Å². The molecule has 1 aromatic heterocycles. The van der Waals surface area contributed by atoms with Gasteiger partial charge in [0.1, 0.15) is 18.1 Å². The molecule has 0 radical (unpaired) electrons. The molecule has 0 fully saturated rings. The van der Waals surface area contributed by atoms with Crippen LogP contribution in [0.5, 0.6) is 5.75 Å². The monoisotopic (exact) mass is 287 g/mol. The molecule has 0 atom stereocenters. The minimum Gasteiger partial charge on any atom is -0.486 e. The quantitative estimate of drug-likeness (QED) is 0.828. The Morgan fingerprint density at radius 3 is 2.52 bits per heavy atom. The summed E-state index contributed by atoms with van der Waals surface area (Å²) in [5.74, 6) is 2.43. The highest BCUT2D eigenvalue weighted by Gasteiger charge is 2.08. The number of hydrogen-bond donors (Lipinski definition) is 1. The van der Waals surface area contributed by atoms with E-state index in [0.29, 0.717) is 12.5 Å². The highest BCUT2D eigenvalue weighted by atomic mass is 16.5. The lowest BCUT2D eigenvalue weighted by molar-refractivity contribution is 0.267. The molecule has 0 spiro atoms. The van der Waals surface area contributed by atoms with Crippen molar-refractivity contribution < 1.29 is 9.15 Å². The average molecular weight is 287 g/mol. The van der Waals surface area contributed by atoms with E-state index in [4.69, 9.17) is 9.15 Å². The first kappa shape index (κ1) is 15.6. The van der Waals surface area contributed by atoms with Crippen LogP contribution >= 0.6 is 0 Å². The van der Waals surface area contributed by atoms with Gasteiger partial charge in [0.05, 0.1) is 6.26 Å². The summed E-state index contributed by atoms with van der Waals surface area (Å²) < 4.78 is 11.4. The van der Waals surface area contributed by atoms with E-state index in [0.717, 1.165) is 24.6 Å². The van der Waals surface area contributed by atoms with E-state index in [-0.39, 0.29) is 0 Å². The molecule has 114 valence electrons. The molecule has 2 rings (SSSR count). The van der Waals surface area contributed by atoms with Crippen molar-refractivity contribution in [3.05, 3.63) is 53.0 Å². The van der Waals surface area contributed by atoms with Gasteiger partial charge in [-0.1, -0.05) is 19.9 Å². The van der Waals surface area contributed by atoms with E-state index in [1.807, 2.05) is 18.2 Å². The lowest BCUT2D eigenvalue weighted by Gasteiger charge is -2.09. The summed E-state index contributed by atoms with van der Waals surface area (Å²) in [5, 5.41) is 3.43. The number of benzene rings is 1. The highest BCUT2D eigenvalue weighted by molar-refractivity contribution is 5.33. The van der Waals surface area contributed by atoms with Gasteiger partial charge in [-0.3, -0.25) is 0 Å². The van der Waals surface area contributed by atoms with E-state index in [1.54, 1.807) is 6.26 Å². The third-order valence-corrected chi connectivity index (χ3v) is 3.27. The lowest BCUT2D eigenvalue weighted by atomic mass is 10.1. The summed E-state index contributed by atoms with van der Waals surface area (Å²) in [6.07, 6.45) is 1.73. The molecule has 1 aromatic carbocycles. The van der Waals surface area contributed by atoms with E-state index in [1.165, 1.54) is 16.7 Å². The number of aryl methyl sites for hydroxylation is 2. The Balaban J connectivity index is 1.92. The second-order valence-corrected chi connectivity index (χ2v) is 6.01. The van der Waals surface area contributed by atoms with Crippen molar-refractivity contribution in [1.29, 1.82) is 0 Å². The molecule has 3 nitrogen and oxygen atoms in total. The minimum atomic E-state index is 0.467. The zero-order valence-corrected chi connectivity index (χ0v) is 13.4. The molecule has 0 unspecified atom stereocenters. The SMILES string of the molecule is Cc1cc(C)cc(OCc2occc2CNCC(C)C)c1. The second kappa shape index (κ2) is 7.32. The van der Waals surface area contributed by atoms with Crippen LogP contribution in [0.4, 0.5) is 0 Å². The van der Waals surface area contributed by atoms with Crippen LogP contribution in [-0.4, -0.2) is 6.54 Å². The largest absolute Gasteiger partial charge is 0.486 e. The van der Waals surface area contributed by atoms with E-state index >= 15 is 0 Å². The van der Waals surface area contributed by atoms with E-state index in [9.17, 15) is 0 Å². The van der Waals surface area contributed by atoms with Crippen LogP contribution in [0.25, 0.3) is 0 Å². The average Bonchev–Trinajstić information content (AvgIpc) is 2.82. The first-order valence-corrected chi connectivity index (χ1v) is 7.51. The molecule has 21 heavy (non-hydrogen) atoms. The van der Waals surface area contributed by atoms with Crippen molar-refractivity contribution in [2.24, 2.45) is 5.92 Å². The Morgan fingerprint density at radius 1 is 1.14 bits per heavy atom. The van der Waals surface area contributed by atoms with Gasteiger partial charge in [0.25, 0.3) is 0 Å². The zero-order valence-electron chi connectivity index (χ0n) is 13.4. The molecular weight excluding hydrogens is 262 g/mol. The predicted octanol–water partition coefficient (Wildman–Crippen LogP) is 4.22. The first-order valence-electron chi connectivity index (χ1n) is 7.51. The van der Waals surface area contributed by atoms with Crippen LogP contribution < -0.4 is 10.1 Å². The zero-order chi connectivity index (χ0) is 15.2.